The number of nitrogen functional groups attached to an aromatic ring is 1. The average Bonchev–Trinajstić information content (AvgIpc) is 2.38. The van der Waals surface area contributed by atoms with E-state index >= 15 is 0 Å². The summed E-state index contributed by atoms with van der Waals surface area (Å²) in [5, 5.41) is 9.41. The number of carbonyl (C=O) groups is 1. The van der Waals surface area contributed by atoms with Gasteiger partial charge in [0, 0.05) is 0 Å². The van der Waals surface area contributed by atoms with Crippen molar-refractivity contribution < 1.29 is 9.90 Å². The number of hydrogen-bond acceptors (Lipinski definition) is 3. The summed E-state index contributed by atoms with van der Waals surface area (Å²) in [7, 11) is 0. The van der Waals surface area contributed by atoms with Crippen molar-refractivity contribution in [3.05, 3.63) is 54.1 Å². The molecule has 4 heteroatoms. The molecule has 4 nitrogen and oxygen atoms in total. The summed E-state index contributed by atoms with van der Waals surface area (Å²) in [6, 6.07) is 14.1. The number of aromatic hydroxyl groups is 1. The van der Waals surface area contributed by atoms with E-state index in [1.54, 1.807) is 6.07 Å². The van der Waals surface area contributed by atoms with Gasteiger partial charge < -0.3 is 5.11 Å². The average molecular weight is 228 g/mol. The van der Waals surface area contributed by atoms with Crippen molar-refractivity contribution in [1.82, 2.24) is 5.43 Å². The number of phenolic OH excluding ortho intramolecular Hbond substituents is 1. The third-order valence-electron chi connectivity index (χ3n) is 2.46. The number of carbonyl (C=O) groups excluding carboxylic acids is 1. The van der Waals surface area contributed by atoms with Crippen LogP contribution in [0.5, 0.6) is 5.75 Å². The van der Waals surface area contributed by atoms with Crippen LogP contribution in [0.1, 0.15) is 10.4 Å². The van der Waals surface area contributed by atoms with Crippen molar-refractivity contribution in [3.8, 4) is 16.9 Å². The zero-order valence-electron chi connectivity index (χ0n) is 9.05. The largest absolute Gasteiger partial charge is 0.508 e. The number of hydrogen-bond donors (Lipinski definition) is 3. The Hall–Kier alpha value is -2.33. The van der Waals surface area contributed by atoms with Crippen LogP contribution in [0.4, 0.5) is 0 Å². The van der Waals surface area contributed by atoms with Crippen LogP contribution in [0.2, 0.25) is 0 Å². The van der Waals surface area contributed by atoms with E-state index < -0.39 is 5.91 Å². The van der Waals surface area contributed by atoms with Gasteiger partial charge in [-0.05, 0) is 29.3 Å². The molecular weight excluding hydrogens is 216 g/mol. The standard InChI is InChI=1S/C13H12N2O2/c14-15-13(17)12-8-10(16)6-7-11(12)9-4-2-1-3-5-9/h1-8,16H,14H2,(H,15,17). The summed E-state index contributed by atoms with van der Waals surface area (Å²) in [6.07, 6.45) is 0. The molecule has 2 aromatic carbocycles. The number of benzene rings is 2. The Balaban J connectivity index is 2.58. The molecule has 0 saturated heterocycles. The fraction of sp³-hybridized carbons (Fsp3) is 0. The molecule has 0 heterocycles. The van der Waals surface area contributed by atoms with Crippen LogP contribution in [0.25, 0.3) is 11.1 Å². The smallest absolute Gasteiger partial charge is 0.265 e. The zero-order chi connectivity index (χ0) is 12.3. The van der Waals surface area contributed by atoms with Crippen LogP contribution in [0, 0.1) is 0 Å². The molecule has 0 fully saturated rings. The number of nitrogens with one attached hydrogen (secondary N) is 1. The molecule has 86 valence electrons. The summed E-state index contributed by atoms with van der Waals surface area (Å²) in [5.41, 5.74) is 4.04. The van der Waals surface area contributed by atoms with Gasteiger partial charge in [-0.3, -0.25) is 10.2 Å². The summed E-state index contributed by atoms with van der Waals surface area (Å²) in [6.45, 7) is 0. The maximum atomic E-state index is 11.6. The first-order valence-electron chi connectivity index (χ1n) is 5.12. The SMILES string of the molecule is NNC(=O)c1cc(O)ccc1-c1ccccc1. The van der Waals surface area contributed by atoms with Gasteiger partial charge in [0.15, 0.2) is 0 Å². The van der Waals surface area contributed by atoms with Crippen molar-refractivity contribution in [2.75, 3.05) is 0 Å². The van der Waals surface area contributed by atoms with E-state index in [1.807, 2.05) is 30.3 Å². The van der Waals surface area contributed by atoms with Gasteiger partial charge in [-0.1, -0.05) is 30.3 Å². The molecule has 2 aromatic rings. The summed E-state index contributed by atoms with van der Waals surface area (Å²) in [4.78, 5) is 11.6. The highest BCUT2D eigenvalue weighted by Crippen LogP contribution is 2.26. The molecular formula is C13H12N2O2. The number of hydrazine groups is 1. The Morgan fingerprint density at radius 2 is 1.82 bits per heavy atom. The number of nitrogens with two attached hydrogens (primary N) is 1. The molecule has 0 radical (unpaired) electrons. The molecule has 0 aliphatic rings. The molecule has 1 amide bonds. The normalized spacial score (nSPS) is 9.94. The highest BCUT2D eigenvalue weighted by Gasteiger charge is 2.12. The second-order valence-corrected chi connectivity index (χ2v) is 3.57. The first-order chi connectivity index (χ1) is 8.22. The van der Waals surface area contributed by atoms with Gasteiger partial charge in [0.25, 0.3) is 5.91 Å². The Bertz CT molecular complexity index is 538. The Labute approximate surface area is 98.7 Å². The van der Waals surface area contributed by atoms with Crippen molar-refractivity contribution in [3.63, 3.8) is 0 Å². The molecule has 2 rings (SSSR count). The minimum atomic E-state index is -0.431. The van der Waals surface area contributed by atoms with E-state index in [2.05, 4.69) is 5.43 Å². The molecule has 0 atom stereocenters. The predicted molar refractivity (Wildman–Crippen MR) is 65.2 cm³/mol. The molecule has 0 saturated carbocycles. The van der Waals surface area contributed by atoms with Crippen LogP contribution >= 0.6 is 0 Å². The Kier molecular flexibility index (Phi) is 3.07. The highest BCUT2D eigenvalue weighted by atomic mass is 16.3. The van der Waals surface area contributed by atoms with Gasteiger partial charge >= 0.3 is 0 Å². The van der Waals surface area contributed by atoms with Crippen LogP contribution in [-0.4, -0.2) is 11.0 Å². The maximum Gasteiger partial charge on any atom is 0.265 e. The van der Waals surface area contributed by atoms with Crippen molar-refractivity contribution >= 4 is 5.91 Å². The van der Waals surface area contributed by atoms with Gasteiger partial charge in [0.2, 0.25) is 0 Å². The predicted octanol–water partition coefficient (Wildman–Crippen LogP) is 1.66. The molecule has 17 heavy (non-hydrogen) atoms. The van der Waals surface area contributed by atoms with E-state index in [-0.39, 0.29) is 5.75 Å². The topological polar surface area (TPSA) is 75.3 Å². The van der Waals surface area contributed by atoms with Crippen LogP contribution in [0.15, 0.2) is 48.5 Å². The van der Waals surface area contributed by atoms with Gasteiger partial charge in [-0.2, -0.15) is 0 Å². The molecule has 0 aromatic heterocycles. The number of rotatable bonds is 2. The van der Waals surface area contributed by atoms with Gasteiger partial charge in [-0.15, -0.1) is 0 Å². The van der Waals surface area contributed by atoms with Crippen LogP contribution in [0.3, 0.4) is 0 Å². The molecule has 0 aliphatic heterocycles. The van der Waals surface area contributed by atoms with Crippen molar-refractivity contribution in [1.29, 1.82) is 0 Å². The lowest BCUT2D eigenvalue weighted by Crippen LogP contribution is -2.30. The fourth-order valence-corrected chi connectivity index (χ4v) is 1.67. The van der Waals surface area contributed by atoms with Crippen LogP contribution in [-0.2, 0) is 0 Å². The van der Waals surface area contributed by atoms with E-state index in [1.165, 1.54) is 12.1 Å². The van der Waals surface area contributed by atoms with E-state index in [4.69, 9.17) is 5.84 Å². The zero-order valence-corrected chi connectivity index (χ0v) is 9.05. The summed E-state index contributed by atoms with van der Waals surface area (Å²) >= 11 is 0. The lowest BCUT2D eigenvalue weighted by Gasteiger charge is -2.08. The first-order valence-corrected chi connectivity index (χ1v) is 5.12. The lowest BCUT2D eigenvalue weighted by atomic mass is 9.99. The quantitative estimate of drug-likeness (QED) is 0.415. The van der Waals surface area contributed by atoms with Gasteiger partial charge in [-0.25, -0.2) is 5.84 Å². The van der Waals surface area contributed by atoms with Crippen molar-refractivity contribution in [2.24, 2.45) is 5.84 Å². The third-order valence-corrected chi connectivity index (χ3v) is 2.46. The lowest BCUT2D eigenvalue weighted by molar-refractivity contribution is 0.0954. The molecule has 0 aliphatic carbocycles. The second kappa shape index (κ2) is 4.67. The summed E-state index contributed by atoms with van der Waals surface area (Å²) < 4.78 is 0. The minimum Gasteiger partial charge on any atom is -0.508 e. The Morgan fingerprint density at radius 1 is 1.12 bits per heavy atom. The van der Waals surface area contributed by atoms with Crippen LogP contribution < -0.4 is 11.3 Å². The molecule has 0 unspecified atom stereocenters. The molecule has 0 spiro atoms. The van der Waals surface area contributed by atoms with Crippen molar-refractivity contribution in [2.45, 2.75) is 0 Å². The number of amides is 1. The number of phenols is 1. The monoisotopic (exact) mass is 228 g/mol. The molecule has 0 bridgehead atoms. The fourth-order valence-electron chi connectivity index (χ4n) is 1.67. The first kappa shape index (κ1) is 11.2. The van der Waals surface area contributed by atoms with E-state index in [0.717, 1.165) is 11.1 Å². The van der Waals surface area contributed by atoms with Gasteiger partial charge in [0.1, 0.15) is 5.75 Å². The Morgan fingerprint density at radius 3 is 2.47 bits per heavy atom. The highest BCUT2D eigenvalue weighted by molar-refractivity contribution is 6.00. The third kappa shape index (κ3) is 2.26. The maximum absolute atomic E-state index is 11.6. The van der Waals surface area contributed by atoms with Gasteiger partial charge in [0.05, 0.1) is 5.56 Å². The van der Waals surface area contributed by atoms with E-state index in [9.17, 15) is 9.90 Å². The second-order valence-electron chi connectivity index (χ2n) is 3.57. The van der Waals surface area contributed by atoms with E-state index in [0.29, 0.717) is 5.56 Å². The summed E-state index contributed by atoms with van der Waals surface area (Å²) in [5.74, 6) is 4.72. The minimum absolute atomic E-state index is 0.0308. The molecule has 4 N–H and O–H groups in total.